The van der Waals surface area contributed by atoms with Gasteiger partial charge in [0.25, 0.3) is 0 Å². The van der Waals surface area contributed by atoms with Crippen LogP contribution in [0, 0.1) is 17.8 Å². The normalized spacial score (nSPS) is 44.8. The molecule has 3 saturated heterocycles. The topological polar surface area (TPSA) is 40.6 Å². The molecule has 3 unspecified atom stereocenters. The molecule has 0 amide bonds. The number of aromatic nitrogens is 1. The SMILES string of the molecule is CO[C@@H]1N=CC2[C@@H]3C[C@H]4c5[nH]c6ccccc6c5C[C@@H](C31)N4[C@H]2C. The average molecular weight is 321 g/mol. The van der Waals surface area contributed by atoms with Gasteiger partial charge in [-0.2, -0.15) is 0 Å². The van der Waals surface area contributed by atoms with Gasteiger partial charge in [-0.25, -0.2) is 0 Å². The smallest absolute Gasteiger partial charge is 0.152 e. The lowest BCUT2D eigenvalue weighted by molar-refractivity contribution is -0.158. The van der Waals surface area contributed by atoms with Crippen LogP contribution in [0.25, 0.3) is 10.9 Å². The first-order valence-electron chi connectivity index (χ1n) is 9.21. The summed E-state index contributed by atoms with van der Waals surface area (Å²) in [5.41, 5.74) is 4.32. The zero-order chi connectivity index (χ0) is 16.0. The first-order chi connectivity index (χ1) is 11.8. The second kappa shape index (κ2) is 4.50. The second-order valence-electron chi connectivity index (χ2n) is 8.02. The molecule has 1 aromatic carbocycles. The molecule has 7 rings (SSSR count). The fourth-order valence-corrected chi connectivity index (χ4v) is 6.39. The van der Waals surface area contributed by atoms with Crippen molar-refractivity contribution in [1.29, 1.82) is 0 Å². The third kappa shape index (κ3) is 1.46. The molecule has 4 nitrogen and oxygen atoms in total. The number of fused-ring (bicyclic) bond motifs is 3. The Bertz CT molecular complexity index is 856. The Kier molecular flexibility index (Phi) is 2.55. The molecule has 0 aliphatic carbocycles. The predicted molar refractivity (Wildman–Crippen MR) is 94.2 cm³/mol. The summed E-state index contributed by atoms with van der Waals surface area (Å²) < 4.78 is 5.78. The first-order valence-corrected chi connectivity index (χ1v) is 9.21. The van der Waals surface area contributed by atoms with E-state index in [1.165, 1.54) is 23.0 Å². The number of ether oxygens (including phenoxy) is 1. The Morgan fingerprint density at radius 2 is 2.17 bits per heavy atom. The van der Waals surface area contributed by atoms with Crippen LogP contribution in [0.2, 0.25) is 0 Å². The van der Waals surface area contributed by atoms with E-state index in [0.717, 1.165) is 6.42 Å². The van der Waals surface area contributed by atoms with E-state index in [-0.39, 0.29) is 6.23 Å². The number of hydrogen-bond donors (Lipinski definition) is 1. The summed E-state index contributed by atoms with van der Waals surface area (Å²) in [5.74, 6) is 1.85. The Labute approximate surface area is 141 Å². The van der Waals surface area contributed by atoms with E-state index in [9.17, 15) is 0 Å². The number of nitrogens with zero attached hydrogens (tertiary/aromatic N) is 2. The van der Waals surface area contributed by atoms with Crippen molar-refractivity contribution in [3.63, 3.8) is 0 Å². The van der Waals surface area contributed by atoms with Crippen molar-refractivity contribution < 1.29 is 4.74 Å². The fraction of sp³-hybridized carbons (Fsp3) is 0.550. The van der Waals surface area contributed by atoms with Crippen molar-refractivity contribution in [1.82, 2.24) is 9.88 Å². The number of H-pyrrole nitrogens is 1. The molecule has 8 atom stereocenters. The number of aliphatic imine (C=N–C) groups is 1. The molecule has 0 radical (unpaired) electrons. The van der Waals surface area contributed by atoms with Crippen LogP contribution in [0.1, 0.15) is 30.6 Å². The first kappa shape index (κ1) is 13.6. The quantitative estimate of drug-likeness (QED) is 0.876. The number of nitrogens with one attached hydrogen (secondary N) is 1. The van der Waals surface area contributed by atoms with Gasteiger partial charge in [-0.15, -0.1) is 0 Å². The number of methoxy groups -OCH3 is 1. The standard InChI is InChI=1S/C20H23N3O/c1-10-14-9-21-20(24-2)18-12(14)7-17-19-13(8-16(18)23(10)17)11-5-3-4-6-15(11)22-19/h3-6,9-10,12,14,16-18,20,22H,7-8H2,1-2H3/t10-,12-,14?,16-,17-,18?,20-/m0/s1. The molecule has 124 valence electrons. The molecule has 6 heterocycles. The van der Waals surface area contributed by atoms with Gasteiger partial charge in [0.15, 0.2) is 6.23 Å². The van der Waals surface area contributed by atoms with Gasteiger partial charge in [-0.3, -0.25) is 9.89 Å². The summed E-state index contributed by atoms with van der Waals surface area (Å²) in [6.45, 7) is 2.40. The minimum absolute atomic E-state index is 0.0407. The van der Waals surface area contributed by atoms with Crippen LogP contribution in [0.4, 0.5) is 0 Å². The third-order valence-electron chi connectivity index (χ3n) is 7.27. The van der Waals surface area contributed by atoms with Crippen molar-refractivity contribution >= 4 is 17.1 Å². The molecule has 5 aliphatic heterocycles. The fourth-order valence-electron chi connectivity index (χ4n) is 6.39. The summed E-state index contributed by atoms with van der Waals surface area (Å²) in [4.78, 5) is 11.3. The van der Waals surface area contributed by atoms with Crippen LogP contribution in [0.3, 0.4) is 0 Å². The van der Waals surface area contributed by atoms with Crippen LogP contribution >= 0.6 is 0 Å². The van der Waals surface area contributed by atoms with Crippen molar-refractivity contribution in [2.75, 3.05) is 7.11 Å². The van der Waals surface area contributed by atoms with Crippen molar-refractivity contribution in [2.24, 2.45) is 22.7 Å². The van der Waals surface area contributed by atoms with E-state index >= 15 is 0 Å². The third-order valence-corrected chi connectivity index (χ3v) is 7.27. The summed E-state index contributed by atoms with van der Waals surface area (Å²) in [6, 6.07) is 10.5. The summed E-state index contributed by atoms with van der Waals surface area (Å²) in [5, 5.41) is 1.42. The van der Waals surface area contributed by atoms with Gasteiger partial charge in [0.1, 0.15) is 0 Å². The molecule has 6 bridgehead atoms. The minimum atomic E-state index is 0.0407. The molecule has 3 fully saturated rings. The highest BCUT2D eigenvalue weighted by molar-refractivity contribution is 5.85. The van der Waals surface area contributed by atoms with Crippen molar-refractivity contribution in [3.8, 4) is 0 Å². The number of aromatic amines is 1. The maximum absolute atomic E-state index is 5.78. The Morgan fingerprint density at radius 1 is 1.29 bits per heavy atom. The highest BCUT2D eigenvalue weighted by atomic mass is 16.5. The van der Waals surface area contributed by atoms with Crippen LogP contribution in [0.15, 0.2) is 29.3 Å². The second-order valence-corrected chi connectivity index (χ2v) is 8.02. The maximum Gasteiger partial charge on any atom is 0.152 e. The van der Waals surface area contributed by atoms with Crippen molar-refractivity contribution in [2.45, 2.75) is 44.1 Å². The molecular formula is C20H23N3O. The van der Waals surface area contributed by atoms with E-state index in [2.05, 4.69) is 47.3 Å². The number of rotatable bonds is 1. The van der Waals surface area contributed by atoms with E-state index in [1.807, 2.05) is 7.11 Å². The van der Waals surface area contributed by atoms with Gasteiger partial charge in [-0.1, -0.05) is 18.2 Å². The Balaban J connectivity index is 1.56. The Hall–Kier alpha value is -1.65. The van der Waals surface area contributed by atoms with E-state index in [1.54, 1.807) is 5.56 Å². The van der Waals surface area contributed by atoms with Gasteiger partial charge in [-0.05, 0) is 37.3 Å². The molecule has 1 aromatic heterocycles. The van der Waals surface area contributed by atoms with Crippen LogP contribution in [-0.4, -0.2) is 41.5 Å². The van der Waals surface area contributed by atoms with Gasteiger partial charge in [0.05, 0.1) is 6.04 Å². The highest BCUT2D eigenvalue weighted by Gasteiger charge is 2.60. The summed E-state index contributed by atoms with van der Waals surface area (Å²) in [6.07, 6.45) is 4.61. The van der Waals surface area contributed by atoms with E-state index in [4.69, 9.17) is 9.73 Å². The molecule has 5 aliphatic rings. The lowest BCUT2D eigenvalue weighted by atomic mass is 9.58. The monoisotopic (exact) mass is 321 g/mol. The molecule has 24 heavy (non-hydrogen) atoms. The average Bonchev–Trinajstić information content (AvgIpc) is 2.98. The largest absolute Gasteiger partial charge is 0.359 e. The van der Waals surface area contributed by atoms with Gasteiger partial charge >= 0.3 is 0 Å². The lowest BCUT2D eigenvalue weighted by Gasteiger charge is -2.64. The predicted octanol–water partition coefficient (Wildman–Crippen LogP) is 3.15. The number of hydrogen-bond acceptors (Lipinski definition) is 3. The number of para-hydroxylation sites is 1. The summed E-state index contributed by atoms with van der Waals surface area (Å²) in [7, 11) is 1.82. The molecule has 0 saturated carbocycles. The minimum Gasteiger partial charge on any atom is -0.359 e. The van der Waals surface area contributed by atoms with Gasteiger partial charge < -0.3 is 9.72 Å². The van der Waals surface area contributed by atoms with Crippen molar-refractivity contribution in [3.05, 3.63) is 35.5 Å². The number of benzene rings is 1. The lowest BCUT2D eigenvalue weighted by Crippen LogP contribution is -2.69. The zero-order valence-corrected chi connectivity index (χ0v) is 14.1. The number of piperidine rings is 3. The van der Waals surface area contributed by atoms with Crippen LogP contribution in [0.5, 0.6) is 0 Å². The van der Waals surface area contributed by atoms with Gasteiger partial charge in [0.2, 0.25) is 0 Å². The van der Waals surface area contributed by atoms with E-state index < -0.39 is 0 Å². The highest BCUT2D eigenvalue weighted by Crippen LogP contribution is 2.58. The molecular weight excluding hydrogens is 298 g/mol. The molecule has 2 aromatic rings. The Morgan fingerprint density at radius 3 is 3.04 bits per heavy atom. The molecule has 4 heteroatoms. The zero-order valence-electron chi connectivity index (χ0n) is 14.1. The maximum atomic E-state index is 5.78. The van der Waals surface area contributed by atoms with Crippen LogP contribution < -0.4 is 0 Å². The molecule has 0 spiro atoms. The molecule has 1 N–H and O–H groups in total. The van der Waals surface area contributed by atoms with Gasteiger partial charge in [0, 0.05) is 53.8 Å². The van der Waals surface area contributed by atoms with E-state index in [0.29, 0.717) is 35.9 Å². The summed E-state index contributed by atoms with van der Waals surface area (Å²) >= 11 is 0. The van der Waals surface area contributed by atoms with Crippen LogP contribution in [-0.2, 0) is 11.2 Å².